The van der Waals surface area contributed by atoms with Crippen molar-refractivity contribution in [2.75, 3.05) is 23.1 Å². The van der Waals surface area contributed by atoms with Gasteiger partial charge in [0.1, 0.15) is 15.7 Å². The number of carbonyl (C=O) groups is 1. The smallest absolute Gasteiger partial charge is 0.252 e. The van der Waals surface area contributed by atoms with Gasteiger partial charge in [-0.2, -0.15) is 0 Å². The van der Waals surface area contributed by atoms with E-state index in [1.165, 1.54) is 12.3 Å². The van der Waals surface area contributed by atoms with E-state index in [1.54, 1.807) is 6.92 Å². The van der Waals surface area contributed by atoms with E-state index in [9.17, 15) is 13.2 Å². The minimum atomic E-state index is -3.12. The Hall–Kier alpha value is -1.83. The first-order valence-corrected chi connectivity index (χ1v) is 7.24. The molecular weight excluding hydrogens is 256 g/mol. The van der Waals surface area contributed by atoms with Crippen LogP contribution < -0.4 is 16.8 Å². The molecule has 0 saturated heterocycles. The molecule has 0 aliphatic rings. The van der Waals surface area contributed by atoms with Crippen LogP contribution in [0.1, 0.15) is 17.3 Å². The highest BCUT2D eigenvalue weighted by molar-refractivity contribution is 7.90. The number of anilines is 2. The highest BCUT2D eigenvalue weighted by Gasteiger charge is 2.15. The molecule has 0 spiro atoms. The summed E-state index contributed by atoms with van der Waals surface area (Å²) in [5.41, 5.74) is 11.1. The zero-order chi connectivity index (χ0) is 13.9. The van der Waals surface area contributed by atoms with Crippen LogP contribution in [0.5, 0.6) is 0 Å². The number of nitrogens with two attached hydrogens (primary N) is 2. The molecule has 0 fully saturated rings. The second kappa shape index (κ2) is 5.21. The first kappa shape index (κ1) is 14.2. The van der Waals surface area contributed by atoms with Gasteiger partial charge in [-0.05, 0) is 13.0 Å². The largest absolute Gasteiger partial charge is 0.397 e. The van der Waals surface area contributed by atoms with Gasteiger partial charge in [0.05, 0.1) is 23.2 Å². The van der Waals surface area contributed by atoms with Gasteiger partial charge in [-0.15, -0.1) is 0 Å². The van der Waals surface area contributed by atoms with Crippen LogP contribution in [0.3, 0.4) is 0 Å². The van der Waals surface area contributed by atoms with Crippen molar-refractivity contribution in [3.63, 3.8) is 0 Å². The molecule has 1 atom stereocenters. The average molecular weight is 272 g/mol. The Morgan fingerprint density at radius 2 is 2.17 bits per heavy atom. The number of sulfone groups is 1. The number of nitrogen functional groups attached to an aromatic ring is 1. The van der Waals surface area contributed by atoms with Gasteiger partial charge in [0.25, 0.3) is 5.91 Å². The van der Waals surface area contributed by atoms with E-state index in [-0.39, 0.29) is 17.1 Å². The minimum absolute atomic E-state index is 0.0722. The summed E-state index contributed by atoms with van der Waals surface area (Å²) in [4.78, 5) is 15.1. The van der Waals surface area contributed by atoms with Crippen LogP contribution in [0.2, 0.25) is 0 Å². The van der Waals surface area contributed by atoms with E-state index in [0.29, 0.717) is 5.69 Å². The molecule has 100 valence electrons. The number of nitrogens with zero attached hydrogens (tertiary/aromatic N) is 1. The number of aromatic nitrogens is 1. The van der Waals surface area contributed by atoms with Crippen molar-refractivity contribution in [3.05, 3.63) is 17.8 Å². The Kier molecular flexibility index (Phi) is 4.12. The Morgan fingerprint density at radius 1 is 1.56 bits per heavy atom. The quantitative estimate of drug-likeness (QED) is 0.669. The van der Waals surface area contributed by atoms with Gasteiger partial charge in [0.15, 0.2) is 0 Å². The Morgan fingerprint density at radius 3 is 2.67 bits per heavy atom. The molecule has 0 aliphatic carbocycles. The normalized spacial score (nSPS) is 13.0. The molecule has 7 nitrogen and oxygen atoms in total. The predicted octanol–water partition coefficient (Wildman–Crippen LogP) is -0.392. The Labute approximate surface area is 105 Å². The molecule has 1 amide bonds. The molecule has 0 radical (unpaired) electrons. The van der Waals surface area contributed by atoms with Crippen molar-refractivity contribution in [3.8, 4) is 0 Å². The molecule has 0 aliphatic heterocycles. The summed E-state index contributed by atoms with van der Waals surface area (Å²) in [7, 11) is -3.12. The van der Waals surface area contributed by atoms with Gasteiger partial charge < -0.3 is 16.8 Å². The number of primary amides is 1. The summed E-state index contributed by atoms with van der Waals surface area (Å²) in [6.07, 6.45) is 2.50. The minimum Gasteiger partial charge on any atom is -0.397 e. The Bertz CT molecular complexity index is 556. The van der Waals surface area contributed by atoms with Crippen molar-refractivity contribution in [2.45, 2.75) is 13.0 Å². The molecule has 18 heavy (non-hydrogen) atoms. The summed E-state index contributed by atoms with van der Waals surface area (Å²) in [5, 5.41) is 2.83. The van der Waals surface area contributed by atoms with Crippen molar-refractivity contribution >= 4 is 27.2 Å². The summed E-state index contributed by atoms with van der Waals surface area (Å²) in [6.45, 7) is 1.67. The number of hydrogen-bond donors (Lipinski definition) is 3. The number of hydrogen-bond acceptors (Lipinski definition) is 6. The maximum absolute atomic E-state index is 11.2. The molecule has 1 heterocycles. The summed E-state index contributed by atoms with van der Waals surface area (Å²) < 4.78 is 22.3. The van der Waals surface area contributed by atoms with Crippen LogP contribution in [0, 0.1) is 0 Å². The molecule has 8 heteroatoms. The third-order valence-electron chi connectivity index (χ3n) is 2.11. The van der Waals surface area contributed by atoms with E-state index < -0.39 is 21.8 Å². The van der Waals surface area contributed by atoms with Gasteiger partial charge in [-0.1, -0.05) is 0 Å². The van der Waals surface area contributed by atoms with Crippen molar-refractivity contribution in [1.29, 1.82) is 0 Å². The fourth-order valence-electron chi connectivity index (χ4n) is 1.51. The molecular formula is C10H16N4O3S. The van der Waals surface area contributed by atoms with Crippen LogP contribution in [-0.4, -0.2) is 37.4 Å². The van der Waals surface area contributed by atoms with Crippen LogP contribution in [0.4, 0.5) is 11.5 Å². The molecule has 0 aromatic carbocycles. The topological polar surface area (TPSA) is 128 Å². The van der Waals surface area contributed by atoms with E-state index in [1.807, 2.05) is 0 Å². The number of amides is 1. The number of nitrogens with one attached hydrogen (secondary N) is 1. The van der Waals surface area contributed by atoms with Crippen molar-refractivity contribution < 1.29 is 13.2 Å². The standard InChI is InChI=1S/C10H16N4O3S/c1-6(5-18(2,16)17)14-10-8(9(12)15)3-7(11)4-13-10/h3-4,6H,5,11H2,1-2H3,(H2,12,15)(H,13,14). The third kappa shape index (κ3) is 4.21. The number of rotatable bonds is 5. The summed E-state index contributed by atoms with van der Waals surface area (Å²) in [5.74, 6) is -0.520. The fraction of sp³-hybridized carbons (Fsp3) is 0.400. The first-order chi connectivity index (χ1) is 8.19. The van der Waals surface area contributed by atoms with Gasteiger partial charge in [-0.25, -0.2) is 13.4 Å². The average Bonchev–Trinajstić information content (AvgIpc) is 2.17. The van der Waals surface area contributed by atoms with E-state index >= 15 is 0 Å². The van der Waals surface area contributed by atoms with Crippen LogP contribution in [0.15, 0.2) is 12.3 Å². The fourth-order valence-corrected chi connectivity index (χ4v) is 2.50. The van der Waals surface area contributed by atoms with E-state index in [4.69, 9.17) is 11.5 Å². The van der Waals surface area contributed by atoms with Crippen LogP contribution in [-0.2, 0) is 9.84 Å². The lowest BCUT2D eigenvalue weighted by molar-refractivity contribution is 0.100. The maximum Gasteiger partial charge on any atom is 0.252 e. The lowest BCUT2D eigenvalue weighted by Gasteiger charge is -2.15. The SMILES string of the molecule is CC(CS(C)(=O)=O)Nc1ncc(N)cc1C(N)=O. The lowest BCUT2D eigenvalue weighted by atomic mass is 10.2. The highest BCUT2D eigenvalue weighted by atomic mass is 32.2. The summed E-state index contributed by atoms with van der Waals surface area (Å²) in [6, 6.07) is 0.999. The van der Waals surface area contributed by atoms with Gasteiger partial charge in [0, 0.05) is 12.3 Å². The molecule has 1 aromatic rings. The van der Waals surface area contributed by atoms with Gasteiger partial charge in [0.2, 0.25) is 0 Å². The number of carbonyl (C=O) groups excluding carboxylic acids is 1. The highest BCUT2D eigenvalue weighted by Crippen LogP contribution is 2.16. The zero-order valence-corrected chi connectivity index (χ0v) is 11.0. The first-order valence-electron chi connectivity index (χ1n) is 5.18. The maximum atomic E-state index is 11.2. The lowest BCUT2D eigenvalue weighted by Crippen LogP contribution is -2.27. The Balaban J connectivity index is 2.94. The monoisotopic (exact) mass is 272 g/mol. The van der Waals surface area contributed by atoms with Gasteiger partial charge >= 0.3 is 0 Å². The van der Waals surface area contributed by atoms with Crippen molar-refractivity contribution in [1.82, 2.24) is 4.98 Å². The molecule has 0 saturated carbocycles. The van der Waals surface area contributed by atoms with Crippen LogP contribution in [0.25, 0.3) is 0 Å². The number of pyridine rings is 1. The van der Waals surface area contributed by atoms with Crippen LogP contribution >= 0.6 is 0 Å². The van der Waals surface area contributed by atoms with Gasteiger partial charge in [-0.3, -0.25) is 4.79 Å². The third-order valence-corrected chi connectivity index (χ3v) is 3.22. The van der Waals surface area contributed by atoms with E-state index in [0.717, 1.165) is 6.26 Å². The second-order valence-corrected chi connectivity index (χ2v) is 6.35. The van der Waals surface area contributed by atoms with Crippen molar-refractivity contribution in [2.24, 2.45) is 5.73 Å². The molecule has 5 N–H and O–H groups in total. The molecule has 0 bridgehead atoms. The molecule has 1 unspecified atom stereocenters. The summed E-state index contributed by atoms with van der Waals surface area (Å²) >= 11 is 0. The second-order valence-electron chi connectivity index (χ2n) is 4.17. The zero-order valence-electron chi connectivity index (χ0n) is 10.2. The van der Waals surface area contributed by atoms with E-state index in [2.05, 4.69) is 10.3 Å². The predicted molar refractivity (Wildman–Crippen MR) is 70.0 cm³/mol. The molecule has 1 aromatic heterocycles. The molecule has 1 rings (SSSR count).